The minimum Gasteiger partial charge on any atom is -0.399 e. The van der Waals surface area contributed by atoms with E-state index >= 15 is 0 Å². The number of piperazine rings is 1. The number of nitrogens with zero attached hydrogens (tertiary/aromatic N) is 4. The van der Waals surface area contributed by atoms with Gasteiger partial charge in [-0.05, 0) is 36.4 Å². The van der Waals surface area contributed by atoms with Gasteiger partial charge in [-0.3, -0.25) is 0 Å². The molecule has 1 aromatic heterocycles. The fourth-order valence-electron chi connectivity index (χ4n) is 2.54. The van der Waals surface area contributed by atoms with Crippen LogP contribution in [0.15, 0.2) is 42.6 Å². The van der Waals surface area contributed by atoms with E-state index in [1.165, 1.54) is 5.69 Å². The maximum atomic E-state index is 6.93. The van der Waals surface area contributed by atoms with Crippen molar-refractivity contribution in [2.45, 2.75) is 0 Å². The minimum atomic E-state index is 0.444. The second-order valence-electron chi connectivity index (χ2n) is 5.05. The van der Waals surface area contributed by atoms with Gasteiger partial charge in [0.15, 0.2) is 0 Å². The first-order valence-electron chi connectivity index (χ1n) is 6.95. The maximum Gasteiger partial charge on any atom is 0.269 e. The van der Waals surface area contributed by atoms with Gasteiger partial charge < -0.3 is 20.4 Å². The number of aromatic nitrogens is 1. The minimum absolute atomic E-state index is 0.444. The fraction of sp³-hybridized carbons (Fsp3) is 0.250. The van der Waals surface area contributed by atoms with Crippen molar-refractivity contribution in [1.29, 1.82) is 0 Å². The van der Waals surface area contributed by atoms with Crippen molar-refractivity contribution in [3.8, 4) is 0 Å². The van der Waals surface area contributed by atoms with Crippen LogP contribution in [0.5, 0.6) is 0 Å². The molecule has 1 saturated heterocycles. The van der Waals surface area contributed by atoms with Crippen molar-refractivity contribution in [2.75, 3.05) is 41.7 Å². The first-order chi connectivity index (χ1) is 10.3. The molecule has 0 spiro atoms. The fourth-order valence-corrected chi connectivity index (χ4v) is 2.54. The van der Waals surface area contributed by atoms with Crippen LogP contribution in [0.2, 0.25) is 0 Å². The van der Waals surface area contributed by atoms with Gasteiger partial charge in [0.25, 0.3) is 5.82 Å². The zero-order valence-corrected chi connectivity index (χ0v) is 11.7. The van der Waals surface area contributed by atoms with Crippen LogP contribution in [0.25, 0.3) is 4.85 Å². The van der Waals surface area contributed by atoms with Gasteiger partial charge in [0, 0.05) is 37.6 Å². The molecule has 106 valence electrons. The highest BCUT2D eigenvalue weighted by molar-refractivity contribution is 5.55. The Morgan fingerprint density at radius 2 is 1.48 bits per heavy atom. The number of anilines is 3. The number of nitrogen functional groups attached to an aromatic ring is 1. The van der Waals surface area contributed by atoms with Gasteiger partial charge in [0.2, 0.25) is 0 Å². The van der Waals surface area contributed by atoms with E-state index < -0.39 is 0 Å². The molecule has 0 saturated carbocycles. The van der Waals surface area contributed by atoms with E-state index in [4.69, 9.17) is 12.3 Å². The lowest BCUT2D eigenvalue weighted by atomic mass is 10.2. The standard InChI is InChI=1S/C16H17N5/c1-18-16-7-6-15(12-19-16)21-10-8-20(9-11-21)14-4-2-13(17)3-5-14/h2-7,12H,8-11,17H2. The molecule has 3 rings (SSSR count). The van der Waals surface area contributed by atoms with Crippen molar-refractivity contribution in [1.82, 2.24) is 4.98 Å². The quantitative estimate of drug-likeness (QED) is 0.678. The third-order valence-electron chi connectivity index (χ3n) is 3.75. The summed E-state index contributed by atoms with van der Waals surface area (Å²) in [5.41, 5.74) is 8.81. The number of hydrogen-bond acceptors (Lipinski definition) is 4. The molecule has 0 bridgehead atoms. The molecular weight excluding hydrogens is 262 g/mol. The normalized spacial score (nSPS) is 14.8. The summed E-state index contributed by atoms with van der Waals surface area (Å²) in [6.45, 7) is 10.8. The van der Waals surface area contributed by atoms with Crippen LogP contribution in [0.4, 0.5) is 22.9 Å². The summed E-state index contributed by atoms with van der Waals surface area (Å²) in [4.78, 5) is 12.1. The van der Waals surface area contributed by atoms with E-state index in [2.05, 4.69) is 31.8 Å². The Bertz CT molecular complexity index is 634. The molecule has 1 fully saturated rings. The van der Waals surface area contributed by atoms with Gasteiger partial charge in [-0.2, -0.15) is 0 Å². The number of nitrogens with two attached hydrogens (primary N) is 1. The maximum absolute atomic E-state index is 6.93. The highest BCUT2D eigenvalue weighted by atomic mass is 15.3. The Balaban J connectivity index is 1.64. The van der Waals surface area contributed by atoms with Crippen molar-refractivity contribution in [3.05, 3.63) is 54.0 Å². The van der Waals surface area contributed by atoms with Crippen molar-refractivity contribution >= 4 is 22.9 Å². The summed E-state index contributed by atoms with van der Waals surface area (Å²) in [6, 6.07) is 11.8. The molecule has 2 aromatic rings. The summed E-state index contributed by atoms with van der Waals surface area (Å²) < 4.78 is 0. The highest BCUT2D eigenvalue weighted by Gasteiger charge is 2.18. The Kier molecular flexibility index (Phi) is 3.61. The van der Waals surface area contributed by atoms with Gasteiger partial charge >= 0.3 is 0 Å². The number of benzene rings is 1. The lowest BCUT2D eigenvalue weighted by Gasteiger charge is -2.37. The van der Waals surface area contributed by atoms with E-state index in [0.717, 1.165) is 37.6 Å². The molecule has 0 atom stereocenters. The largest absolute Gasteiger partial charge is 0.399 e. The van der Waals surface area contributed by atoms with Crippen LogP contribution in [0.3, 0.4) is 0 Å². The third-order valence-corrected chi connectivity index (χ3v) is 3.75. The van der Waals surface area contributed by atoms with Crippen molar-refractivity contribution in [3.63, 3.8) is 0 Å². The molecule has 0 radical (unpaired) electrons. The lowest BCUT2D eigenvalue weighted by Crippen LogP contribution is -2.46. The number of pyridine rings is 1. The summed E-state index contributed by atoms with van der Waals surface area (Å²) in [5.74, 6) is 0.444. The van der Waals surface area contributed by atoms with Crippen molar-refractivity contribution < 1.29 is 0 Å². The van der Waals surface area contributed by atoms with Crippen LogP contribution < -0.4 is 15.5 Å². The monoisotopic (exact) mass is 279 g/mol. The molecule has 0 unspecified atom stereocenters. The Morgan fingerprint density at radius 1 is 0.905 bits per heavy atom. The molecule has 2 N–H and O–H groups in total. The lowest BCUT2D eigenvalue weighted by molar-refractivity contribution is 0.653. The van der Waals surface area contributed by atoms with E-state index in [-0.39, 0.29) is 0 Å². The van der Waals surface area contributed by atoms with Crippen LogP contribution >= 0.6 is 0 Å². The number of rotatable bonds is 2. The third kappa shape index (κ3) is 2.90. The zero-order valence-electron chi connectivity index (χ0n) is 11.7. The Morgan fingerprint density at radius 3 is 2.00 bits per heavy atom. The first-order valence-corrected chi connectivity index (χ1v) is 6.95. The molecule has 0 amide bonds. The average Bonchev–Trinajstić information content (AvgIpc) is 2.56. The van der Waals surface area contributed by atoms with Gasteiger partial charge in [-0.15, -0.1) is 4.98 Å². The molecular formula is C16H17N5. The summed E-state index contributed by atoms with van der Waals surface area (Å²) in [5, 5.41) is 0. The van der Waals surface area contributed by atoms with Crippen LogP contribution in [-0.2, 0) is 0 Å². The van der Waals surface area contributed by atoms with Gasteiger partial charge in [0.1, 0.15) is 6.20 Å². The molecule has 2 heterocycles. The molecule has 5 nitrogen and oxygen atoms in total. The summed E-state index contributed by atoms with van der Waals surface area (Å²) >= 11 is 0. The highest BCUT2D eigenvalue weighted by Crippen LogP contribution is 2.22. The SMILES string of the molecule is [C-]#[N+]c1ccc(N2CCN(c3ccc(N)cc3)CC2)cn1. The smallest absolute Gasteiger partial charge is 0.269 e. The van der Waals surface area contributed by atoms with E-state index in [9.17, 15) is 0 Å². The first kappa shape index (κ1) is 13.3. The van der Waals surface area contributed by atoms with Crippen LogP contribution in [0, 0.1) is 6.57 Å². The predicted octanol–water partition coefficient (Wildman–Crippen LogP) is 2.54. The average molecular weight is 279 g/mol. The van der Waals surface area contributed by atoms with E-state index in [1.807, 2.05) is 18.2 Å². The number of hydrogen-bond donors (Lipinski definition) is 1. The van der Waals surface area contributed by atoms with Crippen molar-refractivity contribution in [2.24, 2.45) is 0 Å². The van der Waals surface area contributed by atoms with Crippen LogP contribution in [-0.4, -0.2) is 31.2 Å². The topological polar surface area (TPSA) is 49.8 Å². The molecule has 1 aromatic carbocycles. The van der Waals surface area contributed by atoms with E-state index in [1.54, 1.807) is 12.3 Å². The molecule has 1 aliphatic heterocycles. The molecule has 0 aliphatic carbocycles. The second kappa shape index (κ2) is 5.71. The molecule has 5 heteroatoms. The summed E-state index contributed by atoms with van der Waals surface area (Å²) in [6.07, 6.45) is 1.78. The van der Waals surface area contributed by atoms with Crippen LogP contribution in [0.1, 0.15) is 0 Å². The second-order valence-corrected chi connectivity index (χ2v) is 5.05. The zero-order chi connectivity index (χ0) is 14.7. The van der Waals surface area contributed by atoms with E-state index in [0.29, 0.717) is 5.82 Å². The van der Waals surface area contributed by atoms with Gasteiger partial charge in [0.05, 0.1) is 5.69 Å². The van der Waals surface area contributed by atoms with Gasteiger partial charge in [-0.25, -0.2) is 0 Å². The van der Waals surface area contributed by atoms with Gasteiger partial charge in [-0.1, -0.05) is 6.57 Å². The molecule has 21 heavy (non-hydrogen) atoms. The molecule has 1 aliphatic rings. The Labute approximate surface area is 124 Å². The predicted molar refractivity (Wildman–Crippen MR) is 85.8 cm³/mol. The summed E-state index contributed by atoms with van der Waals surface area (Å²) in [7, 11) is 0. The Hall–Kier alpha value is -2.74.